The summed E-state index contributed by atoms with van der Waals surface area (Å²) in [7, 11) is 0. The molecule has 1 saturated heterocycles. The number of nitrogens with one attached hydrogen (secondary N) is 1. The van der Waals surface area contributed by atoms with Crippen molar-refractivity contribution in [2.45, 2.75) is 25.4 Å². The first-order valence-corrected chi connectivity index (χ1v) is 6.10. The molecular formula is C11H16N4O3. The highest BCUT2D eigenvalue weighted by Gasteiger charge is 2.51. The van der Waals surface area contributed by atoms with Gasteiger partial charge in [-0.05, 0) is 18.8 Å². The van der Waals surface area contributed by atoms with Gasteiger partial charge in [0.2, 0.25) is 11.8 Å². The van der Waals surface area contributed by atoms with Gasteiger partial charge >= 0.3 is 6.01 Å². The molecule has 1 aromatic heterocycles. The summed E-state index contributed by atoms with van der Waals surface area (Å²) in [6, 6.07) is 0.121. The summed E-state index contributed by atoms with van der Waals surface area (Å²) >= 11 is 0. The molecule has 18 heavy (non-hydrogen) atoms. The highest BCUT2D eigenvalue weighted by molar-refractivity contribution is 5.90. The van der Waals surface area contributed by atoms with Gasteiger partial charge in [-0.3, -0.25) is 15.0 Å². The van der Waals surface area contributed by atoms with Crippen molar-refractivity contribution >= 4 is 11.9 Å². The van der Waals surface area contributed by atoms with Crippen molar-refractivity contribution in [1.29, 1.82) is 0 Å². The monoisotopic (exact) mass is 252 g/mol. The van der Waals surface area contributed by atoms with Gasteiger partial charge in [-0.2, -0.15) is 0 Å². The number of aromatic nitrogens is 2. The van der Waals surface area contributed by atoms with Crippen LogP contribution in [-0.2, 0) is 4.79 Å². The maximum atomic E-state index is 11.7. The van der Waals surface area contributed by atoms with E-state index in [9.17, 15) is 9.90 Å². The molecule has 7 nitrogen and oxygen atoms in total. The van der Waals surface area contributed by atoms with E-state index in [0.717, 1.165) is 12.8 Å². The Labute approximate surface area is 104 Å². The molecule has 2 heterocycles. The molecule has 0 unspecified atom stereocenters. The fraction of sp³-hybridized carbons (Fsp3) is 0.727. The third-order valence-corrected chi connectivity index (χ3v) is 3.47. The van der Waals surface area contributed by atoms with E-state index in [1.165, 1.54) is 0 Å². The molecule has 1 amide bonds. The largest absolute Gasteiger partial charge is 0.408 e. The first-order valence-electron chi connectivity index (χ1n) is 6.10. The SMILES string of the molecule is Cc1nnc(NC(=O)CN2CC(O)(C3CC3)C2)o1. The molecule has 1 aliphatic carbocycles. The average Bonchev–Trinajstić information content (AvgIpc) is 3.02. The van der Waals surface area contributed by atoms with Gasteiger partial charge in [0.05, 0.1) is 12.1 Å². The minimum absolute atomic E-state index is 0.121. The summed E-state index contributed by atoms with van der Waals surface area (Å²) in [6.07, 6.45) is 2.22. The predicted molar refractivity (Wildman–Crippen MR) is 61.8 cm³/mol. The quantitative estimate of drug-likeness (QED) is 0.769. The van der Waals surface area contributed by atoms with Crippen LogP contribution in [0.2, 0.25) is 0 Å². The van der Waals surface area contributed by atoms with Crippen LogP contribution in [-0.4, -0.2) is 51.3 Å². The molecule has 1 saturated carbocycles. The lowest BCUT2D eigenvalue weighted by Gasteiger charge is -2.46. The van der Waals surface area contributed by atoms with Crippen LogP contribution in [0.15, 0.2) is 4.42 Å². The minimum Gasteiger partial charge on any atom is -0.408 e. The molecule has 1 aromatic rings. The van der Waals surface area contributed by atoms with Crippen molar-refractivity contribution in [3.8, 4) is 0 Å². The Hall–Kier alpha value is -1.47. The fourth-order valence-corrected chi connectivity index (χ4v) is 2.43. The molecule has 1 aliphatic heterocycles. The van der Waals surface area contributed by atoms with Gasteiger partial charge in [0.15, 0.2) is 0 Å². The van der Waals surface area contributed by atoms with Crippen LogP contribution >= 0.6 is 0 Å². The van der Waals surface area contributed by atoms with E-state index >= 15 is 0 Å². The molecule has 98 valence electrons. The van der Waals surface area contributed by atoms with E-state index in [-0.39, 0.29) is 18.5 Å². The number of aliphatic hydroxyl groups is 1. The molecule has 0 bridgehead atoms. The number of rotatable bonds is 4. The number of likely N-dealkylation sites (tertiary alicyclic amines) is 1. The number of carbonyl (C=O) groups is 1. The molecule has 0 spiro atoms. The second-order valence-corrected chi connectivity index (χ2v) is 5.20. The minimum atomic E-state index is -0.554. The number of nitrogens with zero attached hydrogens (tertiary/aromatic N) is 3. The Kier molecular flexibility index (Phi) is 2.60. The summed E-state index contributed by atoms with van der Waals surface area (Å²) in [4.78, 5) is 13.6. The molecule has 0 radical (unpaired) electrons. The van der Waals surface area contributed by atoms with Crippen molar-refractivity contribution in [2.24, 2.45) is 5.92 Å². The van der Waals surface area contributed by atoms with E-state index in [2.05, 4.69) is 15.5 Å². The zero-order chi connectivity index (χ0) is 12.8. The van der Waals surface area contributed by atoms with Crippen molar-refractivity contribution in [1.82, 2.24) is 15.1 Å². The highest BCUT2D eigenvalue weighted by Crippen LogP contribution is 2.44. The van der Waals surface area contributed by atoms with Crippen LogP contribution in [0.25, 0.3) is 0 Å². The van der Waals surface area contributed by atoms with E-state index in [1.54, 1.807) is 6.92 Å². The van der Waals surface area contributed by atoms with Crippen LogP contribution in [0.5, 0.6) is 0 Å². The van der Waals surface area contributed by atoms with Gasteiger partial charge in [-0.15, -0.1) is 5.10 Å². The Morgan fingerprint density at radius 2 is 2.28 bits per heavy atom. The zero-order valence-corrected chi connectivity index (χ0v) is 10.2. The molecular weight excluding hydrogens is 236 g/mol. The molecule has 2 fully saturated rings. The summed E-state index contributed by atoms with van der Waals surface area (Å²) < 4.78 is 5.05. The lowest BCUT2D eigenvalue weighted by atomic mass is 9.89. The number of aryl methyl sites for hydroxylation is 1. The Balaban J connectivity index is 1.45. The lowest BCUT2D eigenvalue weighted by Crippen LogP contribution is -2.64. The second-order valence-electron chi connectivity index (χ2n) is 5.20. The van der Waals surface area contributed by atoms with E-state index < -0.39 is 5.60 Å². The number of amides is 1. The van der Waals surface area contributed by atoms with Gasteiger partial charge in [0, 0.05) is 20.0 Å². The van der Waals surface area contributed by atoms with Gasteiger partial charge in [-0.25, -0.2) is 0 Å². The highest BCUT2D eigenvalue weighted by atomic mass is 16.4. The number of hydrogen-bond acceptors (Lipinski definition) is 6. The van der Waals surface area contributed by atoms with Crippen molar-refractivity contribution < 1.29 is 14.3 Å². The molecule has 2 N–H and O–H groups in total. The first kappa shape index (κ1) is 11.6. The van der Waals surface area contributed by atoms with Crippen LogP contribution in [0.1, 0.15) is 18.7 Å². The van der Waals surface area contributed by atoms with E-state index in [4.69, 9.17) is 4.42 Å². The first-order chi connectivity index (χ1) is 8.55. The third kappa shape index (κ3) is 2.23. The molecule has 2 aliphatic rings. The topological polar surface area (TPSA) is 91.5 Å². The smallest absolute Gasteiger partial charge is 0.322 e. The normalized spacial score (nSPS) is 22.6. The summed E-state index contributed by atoms with van der Waals surface area (Å²) in [5, 5.41) is 20.0. The fourth-order valence-electron chi connectivity index (χ4n) is 2.43. The van der Waals surface area contributed by atoms with Gasteiger partial charge in [-0.1, -0.05) is 5.10 Å². The number of β-amino-alcohol motifs (C(OH)–C–C–N with tert-alkyl or cyclic N) is 1. The predicted octanol–water partition coefficient (Wildman–Crippen LogP) is -0.227. The zero-order valence-electron chi connectivity index (χ0n) is 10.2. The summed E-state index contributed by atoms with van der Waals surface area (Å²) in [6.45, 7) is 3.06. The lowest BCUT2D eigenvalue weighted by molar-refractivity contribution is -0.132. The second kappa shape index (κ2) is 4.03. The van der Waals surface area contributed by atoms with Crippen LogP contribution in [0, 0.1) is 12.8 Å². The molecule has 0 atom stereocenters. The standard InChI is InChI=1S/C11H16N4O3/c1-7-13-14-10(18-7)12-9(16)4-15-5-11(17,6-15)8-2-3-8/h8,17H,2-6H2,1H3,(H,12,14,16). The average molecular weight is 252 g/mol. The molecule has 3 rings (SSSR count). The maximum absolute atomic E-state index is 11.7. The Morgan fingerprint density at radius 3 is 2.83 bits per heavy atom. The third-order valence-electron chi connectivity index (χ3n) is 3.47. The van der Waals surface area contributed by atoms with Crippen LogP contribution < -0.4 is 5.32 Å². The van der Waals surface area contributed by atoms with E-state index in [0.29, 0.717) is 24.9 Å². The maximum Gasteiger partial charge on any atom is 0.322 e. The number of carbonyl (C=O) groups excluding carboxylic acids is 1. The molecule has 0 aromatic carbocycles. The number of hydrogen-bond donors (Lipinski definition) is 2. The van der Waals surface area contributed by atoms with Gasteiger partial charge < -0.3 is 9.52 Å². The van der Waals surface area contributed by atoms with E-state index in [1.807, 2.05) is 4.90 Å². The number of anilines is 1. The van der Waals surface area contributed by atoms with Crippen molar-refractivity contribution in [2.75, 3.05) is 25.0 Å². The van der Waals surface area contributed by atoms with Crippen LogP contribution in [0.3, 0.4) is 0 Å². The van der Waals surface area contributed by atoms with Gasteiger partial charge in [0.1, 0.15) is 0 Å². The Morgan fingerprint density at radius 1 is 1.56 bits per heavy atom. The summed E-state index contributed by atoms with van der Waals surface area (Å²) in [5.41, 5.74) is -0.554. The molecule has 7 heteroatoms. The van der Waals surface area contributed by atoms with Crippen molar-refractivity contribution in [3.63, 3.8) is 0 Å². The van der Waals surface area contributed by atoms with Gasteiger partial charge in [0.25, 0.3) is 0 Å². The van der Waals surface area contributed by atoms with Crippen molar-refractivity contribution in [3.05, 3.63) is 5.89 Å². The Bertz CT molecular complexity index is 463. The summed E-state index contributed by atoms with van der Waals surface area (Å²) in [5.74, 6) is 0.657. The van der Waals surface area contributed by atoms with Crippen LogP contribution in [0.4, 0.5) is 6.01 Å².